The highest BCUT2D eigenvalue weighted by molar-refractivity contribution is 5.82. The first-order chi connectivity index (χ1) is 12.7. The van der Waals surface area contributed by atoms with Gasteiger partial charge >= 0.3 is 0 Å². The third kappa shape index (κ3) is 2.36. The van der Waals surface area contributed by atoms with Crippen molar-refractivity contribution in [2.24, 2.45) is 0 Å². The summed E-state index contributed by atoms with van der Waals surface area (Å²) in [6.07, 6.45) is 9.48. The monoisotopic (exact) mass is 336 g/mol. The van der Waals surface area contributed by atoms with Crippen molar-refractivity contribution in [2.75, 3.05) is 0 Å². The van der Waals surface area contributed by atoms with Gasteiger partial charge in [-0.15, -0.1) is 0 Å². The van der Waals surface area contributed by atoms with Gasteiger partial charge in [0, 0.05) is 0 Å². The Morgan fingerprint density at radius 1 is 0.731 bits per heavy atom. The van der Waals surface area contributed by atoms with E-state index in [4.69, 9.17) is 0 Å². The van der Waals surface area contributed by atoms with Crippen molar-refractivity contribution in [3.05, 3.63) is 88.0 Å². The second-order valence-electron chi connectivity index (χ2n) is 7.76. The molecular weight excluding hydrogens is 312 g/mol. The van der Waals surface area contributed by atoms with Crippen LogP contribution >= 0.6 is 0 Å². The van der Waals surface area contributed by atoms with Gasteiger partial charge in [-0.3, -0.25) is 0 Å². The Balaban J connectivity index is 1.64. The SMILES string of the molecule is Cc1cccc(C)c1-c1ccc(-c2c3c(cc4c2CCC4)C=CC3)cc1. The van der Waals surface area contributed by atoms with Crippen molar-refractivity contribution < 1.29 is 0 Å². The maximum atomic E-state index is 2.44. The largest absolute Gasteiger partial charge is 0.0795 e. The van der Waals surface area contributed by atoms with Crippen LogP contribution < -0.4 is 0 Å². The molecule has 0 heteroatoms. The summed E-state index contributed by atoms with van der Waals surface area (Å²) >= 11 is 0. The van der Waals surface area contributed by atoms with E-state index in [1.54, 1.807) is 11.1 Å². The molecule has 0 fully saturated rings. The third-order valence-corrected chi connectivity index (χ3v) is 6.11. The predicted octanol–water partition coefficient (Wildman–Crippen LogP) is 6.70. The molecule has 0 atom stereocenters. The van der Waals surface area contributed by atoms with Gasteiger partial charge in [-0.05, 0) is 95.2 Å². The summed E-state index contributed by atoms with van der Waals surface area (Å²) in [7, 11) is 0. The van der Waals surface area contributed by atoms with E-state index < -0.39 is 0 Å². The molecule has 0 saturated heterocycles. The molecule has 26 heavy (non-hydrogen) atoms. The summed E-state index contributed by atoms with van der Waals surface area (Å²) in [6, 6.07) is 18.3. The molecule has 0 saturated carbocycles. The van der Waals surface area contributed by atoms with Crippen molar-refractivity contribution in [1.82, 2.24) is 0 Å². The van der Waals surface area contributed by atoms with Crippen LogP contribution in [0.1, 0.15) is 39.8 Å². The maximum Gasteiger partial charge on any atom is -0.00819 e. The molecule has 5 rings (SSSR count). The van der Waals surface area contributed by atoms with Crippen LogP contribution in [0.4, 0.5) is 0 Å². The lowest BCUT2D eigenvalue weighted by molar-refractivity contribution is 0.912. The van der Waals surface area contributed by atoms with Crippen LogP contribution in [0, 0.1) is 13.8 Å². The highest BCUT2D eigenvalue weighted by atomic mass is 14.3. The summed E-state index contributed by atoms with van der Waals surface area (Å²) in [6.45, 7) is 4.41. The van der Waals surface area contributed by atoms with E-state index in [0.717, 1.165) is 6.42 Å². The van der Waals surface area contributed by atoms with Gasteiger partial charge < -0.3 is 0 Å². The van der Waals surface area contributed by atoms with E-state index in [2.05, 4.69) is 74.5 Å². The number of fused-ring (bicyclic) bond motifs is 2. The molecule has 0 heterocycles. The van der Waals surface area contributed by atoms with Crippen LogP contribution in [-0.2, 0) is 19.3 Å². The summed E-state index contributed by atoms with van der Waals surface area (Å²) in [5, 5.41) is 0. The summed E-state index contributed by atoms with van der Waals surface area (Å²) < 4.78 is 0. The highest BCUT2D eigenvalue weighted by Gasteiger charge is 2.22. The Morgan fingerprint density at radius 3 is 2.15 bits per heavy atom. The van der Waals surface area contributed by atoms with Crippen LogP contribution in [-0.4, -0.2) is 0 Å². The smallest absolute Gasteiger partial charge is 0.00819 e. The molecule has 0 radical (unpaired) electrons. The fourth-order valence-electron chi connectivity index (χ4n) is 4.91. The van der Waals surface area contributed by atoms with Gasteiger partial charge in [-0.25, -0.2) is 0 Å². The molecule has 0 amide bonds. The first kappa shape index (κ1) is 15.6. The Kier molecular flexibility index (Phi) is 3.60. The standard InChI is InChI=1S/C26H24/c1-17-6-3-7-18(2)25(17)19-12-14-20(15-13-19)26-23-10-4-8-21(23)16-22-9-5-11-24(22)26/h3-4,6-8,12-16H,5,9-11H2,1-2H3. The molecule has 2 aliphatic rings. The molecule has 0 aliphatic heterocycles. The topological polar surface area (TPSA) is 0 Å². The molecule has 0 bridgehead atoms. The van der Waals surface area contributed by atoms with E-state index in [0.29, 0.717) is 0 Å². The molecule has 0 aromatic heterocycles. The average Bonchev–Trinajstić information content (AvgIpc) is 3.29. The number of aryl methyl sites for hydroxylation is 3. The molecule has 0 nitrogen and oxygen atoms in total. The van der Waals surface area contributed by atoms with Gasteiger partial charge in [0.25, 0.3) is 0 Å². The van der Waals surface area contributed by atoms with E-state index in [1.165, 1.54) is 63.8 Å². The minimum Gasteiger partial charge on any atom is -0.0795 e. The fourth-order valence-corrected chi connectivity index (χ4v) is 4.91. The number of rotatable bonds is 2. The molecule has 3 aromatic carbocycles. The van der Waals surface area contributed by atoms with Crippen LogP contribution in [0.15, 0.2) is 54.6 Å². The highest BCUT2D eigenvalue weighted by Crippen LogP contribution is 2.41. The Bertz CT molecular complexity index is 1010. The number of hydrogen-bond acceptors (Lipinski definition) is 0. The molecular formula is C26H24. The van der Waals surface area contributed by atoms with Crippen molar-refractivity contribution in [3.63, 3.8) is 0 Å². The number of hydrogen-bond donors (Lipinski definition) is 0. The predicted molar refractivity (Wildman–Crippen MR) is 112 cm³/mol. The lowest BCUT2D eigenvalue weighted by Gasteiger charge is -2.16. The molecule has 0 spiro atoms. The van der Waals surface area contributed by atoms with Crippen molar-refractivity contribution in [1.29, 1.82) is 0 Å². The van der Waals surface area contributed by atoms with Gasteiger partial charge in [0.1, 0.15) is 0 Å². The first-order valence-electron chi connectivity index (χ1n) is 9.73. The van der Waals surface area contributed by atoms with Crippen molar-refractivity contribution in [2.45, 2.75) is 39.5 Å². The van der Waals surface area contributed by atoms with Crippen molar-refractivity contribution in [3.8, 4) is 22.3 Å². The normalized spacial score (nSPS) is 14.5. The molecule has 3 aromatic rings. The van der Waals surface area contributed by atoms with Crippen LogP contribution in [0.5, 0.6) is 0 Å². The van der Waals surface area contributed by atoms with Crippen molar-refractivity contribution >= 4 is 6.08 Å². The summed E-state index contributed by atoms with van der Waals surface area (Å²) in [4.78, 5) is 0. The average molecular weight is 336 g/mol. The van der Waals surface area contributed by atoms with Crippen LogP contribution in [0.25, 0.3) is 28.3 Å². The lowest BCUT2D eigenvalue weighted by atomic mass is 9.88. The minimum absolute atomic E-state index is 1.08. The zero-order chi connectivity index (χ0) is 17.7. The molecule has 0 unspecified atom stereocenters. The summed E-state index contributed by atoms with van der Waals surface area (Å²) in [5.74, 6) is 0. The van der Waals surface area contributed by atoms with Gasteiger partial charge in [-0.2, -0.15) is 0 Å². The minimum atomic E-state index is 1.08. The van der Waals surface area contributed by atoms with Gasteiger partial charge in [0.15, 0.2) is 0 Å². The van der Waals surface area contributed by atoms with E-state index in [1.807, 2.05) is 0 Å². The Hall–Kier alpha value is -2.60. The van der Waals surface area contributed by atoms with Gasteiger partial charge in [0.05, 0.1) is 0 Å². The van der Waals surface area contributed by atoms with Crippen LogP contribution in [0.3, 0.4) is 0 Å². The first-order valence-corrected chi connectivity index (χ1v) is 9.73. The van der Waals surface area contributed by atoms with Gasteiger partial charge in [0.2, 0.25) is 0 Å². The number of benzene rings is 3. The van der Waals surface area contributed by atoms with E-state index in [9.17, 15) is 0 Å². The second kappa shape index (κ2) is 5.99. The molecule has 0 N–H and O–H groups in total. The Morgan fingerprint density at radius 2 is 1.42 bits per heavy atom. The Labute approximate surface area is 156 Å². The zero-order valence-corrected chi connectivity index (χ0v) is 15.6. The number of allylic oxidation sites excluding steroid dienone is 1. The fraction of sp³-hybridized carbons (Fsp3) is 0.231. The lowest BCUT2D eigenvalue weighted by Crippen LogP contribution is -1.97. The maximum absolute atomic E-state index is 2.44. The van der Waals surface area contributed by atoms with Crippen LogP contribution in [0.2, 0.25) is 0 Å². The zero-order valence-electron chi connectivity index (χ0n) is 15.6. The quantitative estimate of drug-likeness (QED) is 0.489. The molecule has 2 aliphatic carbocycles. The second-order valence-corrected chi connectivity index (χ2v) is 7.76. The molecule has 128 valence electrons. The van der Waals surface area contributed by atoms with E-state index in [-0.39, 0.29) is 0 Å². The van der Waals surface area contributed by atoms with Gasteiger partial charge in [-0.1, -0.05) is 60.7 Å². The summed E-state index contributed by atoms with van der Waals surface area (Å²) in [5.41, 5.74) is 14.5. The van der Waals surface area contributed by atoms with E-state index >= 15 is 0 Å². The third-order valence-electron chi connectivity index (χ3n) is 6.11.